The van der Waals surface area contributed by atoms with Crippen LogP contribution in [0.2, 0.25) is 0 Å². The molecule has 5 nitrogen and oxygen atoms in total. The maximum absolute atomic E-state index is 13.1. The van der Waals surface area contributed by atoms with Gasteiger partial charge in [-0.25, -0.2) is 0 Å². The van der Waals surface area contributed by atoms with E-state index in [1.807, 2.05) is 23.1 Å². The fraction of sp³-hybridized carbons (Fsp3) is 0.476. The minimum absolute atomic E-state index is 0.0103. The fourth-order valence-electron chi connectivity index (χ4n) is 3.96. The van der Waals surface area contributed by atoms with Crippen LogP contribution in [0, 0.1) is 13.8 Å². The molecule has 138 valence electrons. The maximum Gasteiger partial charge on any atom is 0.264 e. The lowest BCUT2D eigenvalue weighted by Crippen LogP contribution is -2.40. The third kappa shape index (κ3) is 3.01. The number of furan rings is 1. The molecule has 2 aromatic rings. The highest BCUT2D eigenvalue weighted by Crippen LogP contribution is 2.37. The zero-order chi connectivity index (χ0) is 18.3. The van der Waals surface area contributed by atoms with Crippen molar-refractivity contribution in [3.05, 3.63) is 52.5 Å². The van der Waals surface area contributed by atoms with E-state index in [4.69, 9.17) is 13.9 Å². The number of nitrogens with zero attached hydrogens (tertiary/aromatic N) is 1. The number of carbonyl (C=O) groups is 1. The summed E-state index contributed by atoms with van der Waals surface area (Å²) >= 11 is 0. The van der Waals surface area contributed by atoms with Gasteiger partial charge in [0.25, 0.3) is 5.91 Å². The number of fused-ring (bicyclic) bond motifs is 1. The van der Waals surface area contributed by atoms with Gasteiger partial charge in [-0.15, -0.1) is 0 Å². The highest BCUT2D eigenvalue weighted by atomic mass is 16.5. The van der Waals surface area contributed by atoms with E-state index in [0.29, 0.717) is 13.0 Å². The number of aryl methyl sites for hydroxylation is 2. The first-order chi connectivity index (χ1) is 12.6. The number of benzene rings is 1. The molecular formula is C21H25NO4. The van der Waals surface area contributed by atoms with Crippen LogP contribution in [-0.4, -0.2) is 30.6 Å². The zero-order valence-electron chi connectivity index (χ0n) is 15.6. The van der Waals surface area contributed by atoms with E-state index in [1.54, 1.807) is 7.11 Å². The second-order valence-electron chi connectivity index (χ2n) is 7.28. The van der Waals surface area contributed by atoms with Crippen LogP contribution in [0.5, 0.6) is 5.75 Å². The lowest BCUT2D eigenvalue weighted by Gasteiger charge is -2.25. The molecule has 2 atom stereocenters. The summed E-state index contributed by atoms with van der Waals surface area (Å²) in [7, 11) is 1.64. The fourth-order valence-corrected chi connectivity index (χ4v) is 3.96. The van der Waals surface area contributed by atoms with Gasteiger partial charge in [0.05, 0.1) is 6.04 Å². The number of likely N-dealkylation sites (tertiary alicyclic amines) is 1. The Morgan fingerprint density at radius 3 is 2.88 bits per heavy atom. The van der Waals surface area contributed by atoms with Crippen LogP contribution in [0.15, 0.2) is 28.7 Å². The number of carbonyl (C=O) groups excluding carboxylic acids is 1. The van der Waals surface area contributed by atoms with E-state index >= 15 is 0 Å². The third-order valence-electron chi connectivity index (χ3n) is 5.46. The molecule has 2 aliphatic heterocycles. The summed E-state index contributed by atoms with van der Waals surface area (Å²) < 4.78 is 17.0. The van der Waals surface area contributed by atoms with Crippen LogP contribution in [0.4, 0.5) is 0 Å². The molecule has 0 saturated carbocycles. The Hall–Kier alpha value is -2.27. The standard InChI is InChI=1S/C21H25NO4/c1-13-9-15-11-20(26-19(15)10-14(13)2)21(23)22-8-4-5-17(22)18-7-6-16(25-18)12-24-3/h6-7,9-10,17,20H,4-5,8,11-12H2,1-3H3. The average molecular weight is 355 g/mol. The minimum Gasteiger partial charge on any atom is -0.480 e. The van der Waals surface area contributed by atoms with Crippen molar-refractivity contribution in [2.75, 3.05) is 13.7 Å². The molecule has 1 fully saturated rings. The SMILES string of the molecule is COCc1ccc(C2CCCN2C(=O)C2Cc3cc(C)c(C)cc3O2)o1. The smallest absolute Gasteiger partial charge is 0.264 e. The quantitative estimate of drug-likeness (QED) is 0.839. The number of methoxy groups -OCH3 is 1. The summed E-state index contributed by atoms with van der Waals surface area (Å²) in [6.07, 6.45) is 2.12. The number of hydrogen-bond acceptors (Lipinski definition) is 4. The first-order valence-corrected chi connectivity index (χ1v) is 9.21. The van der Waals surface area contributed by atoms with Crippen molar-refractivity contribution < 1.29 is 18.7 Å². The van der Waals surface area contributed by atoms with Gasteiger partial charge in [-0.05, 0) is 61.6 Å². The van der Waals surface area contributed by atoms with Crippen LogP contribution in [-0.2, 0) is 22.6 Å². The Morgan fingerprint density at radius 1 is 1.27 bits per heavy atom. The summed E-state index contributed by atoms with van der Waals surface area (Å²) in [4.78, 5) is 15.1. The van der Waals surface area contributed by atoms with Crippen LogP contribution in [0.1, 0.15) is 47.1 Å². The molecule has 0 radical (unpaired) electrons. The molecule has 3 heterocycles. The normalized spacial score (nSPS) is 21.7. The lowest BCUT2D eigenvalue weighted by molar-refractivity contribution is -0.139. The highest BCUT2D eigenvalue weighted by Gasteiger charge is 2.39. The molecule has 2 unspecified atom stereocenters. The molecule has 4 rings (SSSR count). The van der Waals surface area contributed by atoms with Gasteiger partial charge in [-0.3, -0.25) is 4.79 Å². The van der Waals surface area contributed by atoms with Gasteiger partial charge in [0.1, 0.15) is 23.9 Å². The van der Waals surface area contributed by atoms with Gasteiger partial charge in [0.2, 0.25) is 0 Å². The molecule has 0 bridgehead atoms. The van der Waals surface area contributed by atoms with E-state index in [-0.39, 0.29) is 11.9 Å². The van der Waals surface area contributed by atoms with Crippen LogP contribution in [0.3, 0.4) is 0 Å². The Balaban J connectivity index is 1.50. The van der Waals surface area contributed by atoms with Gasteiger partial charge in [-0.2, -0.15) is 0 Å². The Labute approximate surface area is 153 Å². The second-order valence-corrected chi connectivity index (χ2v) is 7.28. The first-order valence-electron chi connectivity index (χ1n) is 9.21. The summed E-state index contributed by atoms with van der Waals surface area (Å²) in [5, 5.41) is 0. The van der Waals surface area contributed by atoms with Crippen LogP contribution < -0.4 is 4.74 Å². The van der Waals surface area contributed by atoms with Crippen LogP contribution >= 0.6 is 0 Å². The van der Waals surface area contributed by atoms with Crippen molar-refractivity contribution in [2.45, 2.75) is 51.9 Å². The van der Waals surface area contributed by atoms with Crippen LogP contribution in [0.25, 0.3) is 0 Å². The van der Waals surface area contributed by atoms with Crippen molar-refractivity contribution in [1.82, 2.24) is 4.90 Å². The highest BCUT2D eigenvalue weighted by molar-refractivity contribution is 5.83. The molecule has 2 aliphatic rings. The maximum atomic E-state index is 13.1. The first kappa shape index (κ1) is 17.2. The predicted molar refractivity (Wildman–Crippen MR) is 97.1 cm³/mol. The van der Waals surface area contributed by atoms with E-state index < -0.39 is 6.10 Å². The third-order valence-corrected chi connectivity index (χ3v) is 5.46. The summed E-state index contributed by atoms with van der Waals surface area (Å²) in [6, 6.07) is 8.06. The largest absolute Gasteiger partial charge is 0.480 e. The average Bonchev–Trinajstić information content (AvgIpc) is 3.33. The second kappa shape index (κ2) is 6.80. The zero-order valence-corrected chi connectivity index (χ0v) is 15.6. The van der Waals surface area contributed by atoms with Crippen molar-refractivity contribution in [3.8, 4) is 5.75 Å². The summed E-state index contributed by atoms with van der Waals surface area (Å²) in [5.74, 6) is 2.54. The molecule has 1 saturated heterocycles. The number of hydrogen-bond donors (Lipinski definition) is 0. The lowest BCUT2D eigenvalue weighted by atomic mass is 10.0. The molecule has 26 heavy (non-hydrogen) atoms. The van der Waals surface area contributed by atoms with E-state index in [1.165, 1.54) is 11.1 Å². The number of rotatable bonds is 4. The van der Waals surface area contributed by atoms with Gasteiger partial charge in [-0.1, -0.05) is 6.07 Å². The van der Waals surface area contributed by atoms with Crippen molar-refractivity contribution in [1.29, 1.82) is 0 Å². The van der Waals surface area contributed by atoms with Crippen molar-refractivity contribution in [2.24, 2.45) is 0 Å². The predicted octanol–water partition coefficient (Wildman–Crippen LogP) is 3.71. The molecule has 0 N–H and O–H groups in total. The Kier molecular flexibility index (Phi) is 4.49. The molecule has 5 heteroatoms. The van der Waals surface area contributed by atoms with Crippen molar-refractivity contribution in [3.63, 3.8) is 0 Å². The molecule has 1 aromatic carbocycles. The van der Waals surface area contributed by atoms with Gasteiger partial charge in [0, 0.05) is 20.1 Å². The van der Waals surface area contributed by atoms with E-state index in [2.05, 4.69) is 19.9 Å². The topological polar surface area (TPSA) is 51.9 Å². The summed E-state index contributed by atoms with van der Waals surface area (Å²) in [5.41, 5.74) is 3.56. The van der Waals surface area contributed by atoms with E-state index in [0.717, 1.165) is 42.2 Å². The molecule has 1 aromatic heterocycles. The molecule has 0 aliphatic carbocycles. The van der Waals surface area contributed by atoms with Gasteiger partial charge >= 0.3 is 0 Å². The van der Waals surface area contributed by atoms with Gasteiger partial charge in [0.15, 0.2) is 6.10 Å². The molecule has 0 spiro atoms. The summed E-state index contributed by atoms with van der Waals surface area (Å²) in [6.45, 7) is 5.35. The Morgan fingerprint density at radius 2 is 2.08 bits per heavy atom. The van der Waals surface area contributed by atoms with Crippen molar-refractivity contribution >= 4 is 5.91 Å². The van der Waals surface area contributed by atoms with E-state index in [9.17, 15) is 4.79 Å². The number of ether oxygens (including phenoxy) is 2. The number of amides is 1. The monoisotopic (exact) mass is 355 g/mol. The van der Waals surface area contributed by atoms with Gasteiger partial charge < -0.3 is 18.8 Å². The minimum atomic E-state index is -0.430. The Bertz CT molecular complexity index is 794. The molecule has 1 amide bonds. The molecular weight excluding hydrogens is 330 g/mol.